The normalized spacial score (nSPS) is 25.6. The van der Waals surface area contributed by atoms with Gasteiger partial charge in [0.1, 0.15) is 0 Å². The number of aromatic nitrogens is 1. The molecule has 0 spiro atoms. The molecule has 2 fully saturated rings. The van der Waals surface area contributed by atoms with Gasteiger partial charge in [0.25, 0.3) is 5.91 Å². The number of likely N-dealkylation sites (tertiary alicyclic amines) is 1. The van der Waals surface area contributed by atoms with E-state index in [2.05, 4.69) is 43.0 Å². The SMILES string of the molecule is CC[NH+]1CCN(C(=O)[C@@H](C)[NH+]2CCC(c3nc4ccccc4s3)CC2)CC1. The van der Waals surface area contributed by atoms with Gasteiger partial charge >= 0.3 is 0 Å². The van der Waals surface area contributed by atoms with E-state index in [-0.39, 0.29) is 6.04 Å². The molecule has 2 N–H and O–H groups in total. The number of nitrogens with zero attached hydrogens (tertiary/aromatic N) is 2. The summed E-state index contributed by atoms with van der Waals surface area (Å²) in [7, 11) is 0. The third-order valence-corrected chi connectivity index (χ3v) is 7.75. The number of carbonyl (C=O) groups is 1. The van der Waals surface area contributed by atoms with Crippen LogP contribution in [0, 0.1) is 0 Å². The molecule has 3 heterocycles. The Morgan fingerprint density at radius 3 is 2.59 bits per heavy atom. The minimum Gasteiger partial charge on any atom is -0.332 e. The molecule has 5 nitrogen and oxygen atoms in total. The molecule has 0 unspecified atom stereocenters. The maximum atomic E-state index is 12.9. The van der Waals surface area contributed by atoms with Crippen LogP contribution >= 0.6 is 11.3 Å². The second kappa shape index (κ2) is 8.25. The molecule has 2 aromatic rings. The van der Waals surface area contributed by atoms with E-state index in [4.69, 9.17) is 4.98 Å². The number of piperazine rings is 1. The highest BCUT2D eigenvalue weighted by molar-refractivity contribution is 7.18. The average molecular weight is 389 g/mol. The molecule has 1 aromatic carbocycles. The molecule has 4 rings (SSSR count). The Hall–Kier alpha value is -1.50. The third kappa shape index (κ3) is 4.03. The van der Waals surface area contributed by atoms with Crippen LogP contribution in [-0.2, 0) is 4.79 Å². The zero-order valence-corrected chi connectivity index (χ0v) is 17.4. The first kappa shape index (κ1) is 18.8. The molecule has 1 aromatic heterocycles. The van der Waals surface area contributed by atoms with Crippen molar-refractivity contribution in [3.8, 4) is 0 Å². The molecule has 1 amide bonds. The van der Waals surface area contributed by atoms with Crippen molar-refractivity contribution in [3.05, 3.63) is 29.3 Å². The molecule has 0 bridgehead atoms. The Labute approximate surface area is 166 Å². The van der Waals surface area contributed by atoms with Crippen molar-refractivity contribution in [1.82, 2.24) is 9.88 Å². The van der Waals surface area contributed by atoms with Crippen LogP contribution in [0.15, 0.2) is 24.3 Å². The van der Waals surface area contributed by atoms with Crippen LogP contribution in [0.4, 0.5) is 0 Å². The minimum atomic E-state index is 0.0875. The van der Waals surface area contributed by atoms with Crippen LogP contribution in [0.25, 0.3) is 10.2 Å². The quantitative estimate of drug-likeness (QED) is 0.786. The zero-order chi connectivity index (χ0) is 18.8. The largest absolute Gasteiger partial charge is 0.332 e. The number of hydrogen-bond acceptors (Lipinski definition) is 3. The van der Waals surface area contributed by atoms with E-state index in [0.717, 1.165) is 57.6 Å². The zero-order valence-electron chi connectivity index (χ0n) is 16.5. The van der Waals surface area contributed by atoms with E-state index in [1.165, 1.54) is 21.2 Å². The van der Waals surface area contributed by atoms with Crippen LogP contribution in [-0.4, -0.2) is 67.6 Å². The van der Waals surface area contributed by atoms with Gasteiger partial charge in [-0.25, -0.2) is 4.98 Å². The highest BCUT2D eigenvalue weighted by Gasteiger charge is 2.35. The van der Waals surface area contributed by atoms with E-state index < -0.39 is 0 Å². The maximum absolute atomic E-state index is 12.9. The molecule has 0 aliphatic carbocycles. The van der Waals surface area contributed by atoms with E-state index in [1.54, 1.807) is 4.90 Å². The van der Waals surface area contributed by atoms with Crippen LogP contribution in [0.5, 0.6) is 0 Å². The number of rotatable bonds is 4. The Morgan fingerprint density at radius 2 is 1.93 bits per heavy atom. The molecular weight excluding hydrogens is 356 g/mol. The fourth-order valence-corrected chi connectivity index (χ4v) is 5.72. The fourth-order valence-electron chi connectivity index (χ4n) is 4.58. The highest BCUT2D eigenvalue weighted by atomic mass is 32.1. The van der Waals surface area contributed by atoms with Crippen LogP contribution in [0.3, 0.4) is 0 Å². The summed E-state index contributed by atoms with van der Waals surface area (Å²) in [5, 5.41) is 1.29. The van der Waals surface area contributed by atoms with Gasteiger partial charge < -0.3 is 14.7 Å². The summed E-state index contributed by atoms with van der Waals surface area (Å²) < 4.78 is 1.29. The van der Waals surface area contributed by atoms with Gasteiger partial charge in [-0.1, -0.05) is 12.1 Å². The van der Waals surface area contributed by atoms with E-state index in [0.29, 0.717) is 11.8 Å². The first-order valence-electron chi connectivity index (χ1n) is 10.5. The predicted octanol–water partition coefficient (Wildman–Crippen LogP) is 0.194. The molecule has 146 valence electrons. The van der Waals surface area contributed by atoms with Crippen molar-refractivity contribution in [2.45, 2.75) is 38.6 Å². The van der Waals surface area contributed by atoms with Crippen LogP contribution in [0.1, 0.15) is 37.6 Å². The molecular formula is C21H32N4OS+2. The molecule has 2 saturated heterocycles. The number of quaternary nitrogens is 2. The first-order valence-corrected chi connectivity index (χ1v) is 11.3. The molecule has 0 saturated carbocycles. The summed E-state index contributed by atoms with van der Waals surface area (Å²) in [5.74, 6) is 0.920. The van der Waals surface area contributed by atoms with Crippen LogP contribution in [0.2, 0.25) is 0 Å². The lowest BCUT2D eigenvalue weighted by atomic mass is 9.96. The minimum absolute atomic E-state index is 0.0875. The van der Waals surface area contributed by atoms with Crippen molar-refractivity contribution in [2.24, 2.45) is 0 Å². The van der Waals surface area contributed by atoms with Gasteiger partial charge in [-0.3, -0.25) is 4.79 Å². The molecule has 27 heavy (non-hydrogen) atoms. The second-order valence-corrected chi connectivity index (χ2v) is 9.17. The van der Waals surface area contributed by atoms with E-state index >= 15 is 0 Å². The monoisotopic (exact) mass is 388 g/mol. The number of fused-ring (bicyclic) bond motifs is 1. The fraction of sp³-hybridized carbons (Fsp3) is 0.619. The number of nitrogens with one attached hydrogen (secondary N) is 2. The summed E-state index contributed by atoms with van der Waals surface area (Å²) >= 11 is 1.85. The number of benzene rings is 1. The van der Waals surface area contributed by atoms with Crippen molar-refractivity contribution >= 4 is 27.5 Å². The van der Waals surface area contributed by atoms with Crippen molar-refractivity contribution in [3.63, 3.8) is 0 Å². The lowest BCUT2D eigenvalue weighted by Crippen LogP contribution is -3.18. The Bertz CT molecular complexity index is 742. The highest BCUT2D eigenvalue weighted by Crippen LogP contribution is 2.31. The summed E-state index contributed by atoms with van der Waals surface area (Å²) in [6.45, 7) is 11.7. The topological polar surface area (TPSA) is 42.1 Å². The molecule has 1 atom stereocenters. The average Bonchev–Trinajstić information content (AvgIpc) is 3.17. The number of carbonyl (C=O) groups excluding carboxylic acids is 1. The molecule has 6 heteroatoms. The van der Waals surface area contributed by atoms with Gasteiger partial charge in [0.15, 0.2) is 6.04 Å². The number of amides is 1. The van der Waals surface area contributed by atoms with E-state index in [9.17, 15) is 4.79 Å². The summed E-state index contributed by atoms with van der Waals surface area (Å²) in [6, 6.07) is 8.51. The summed E-state index contributed by atoms with van der Waals surface area (Å²) in [5.41, 5.74) is 1.13. The van der Waals surface area contributed by atoms with Crippen LogP contribution < -0.4 is 9.80 Å². The molecule has 0 radical (unpaired) electrons. The molecule has 2 aliphatic rings. The first-order chi connectivity index (χ1) is 13.2. The Morgan fingerprint density at radius 1 is 1.22 bits per heavy atom. The van der Waals surface area contributed by atoms with Gasteiger partial charge in [-0.15, -0.1) is 11.3 Å². The number of thiazole rings is 1. The smallest absolute Gasteiger partial charge is 0.280 e. The third-order valence-electron chi connectivity index (χ3n) is 6.55. The summed E-state index contributed by atoms with van der Waals surface area (Å²) in [6.07, 6.45) is 2.28. The molecule has 2 aliphatic heterocycles. The van der Waals surface area contributed by atoms with Gasteiger partial charge in [0.05, 0.1) is 61.0 Å². The Balaban J connectivity index is 1.32. The van der Waals surface area contributed by atoms with Gasteiger partial charge in [0.2, 0.25) is 0 Å². The Kier molecular flexibility index (Phi) is 5.76. The van der Waals surface area contributed by atoms with Crippen molar-refractivity contribution in [2.75, 3.05) is 45.8 Å². The van der Waals surface area contributed by atoms with E-state index in [1.807, 2.05) is 11.3 Å². The summed E-state index contributed by atoms with van der Waals surface area (Å²) in [4.78, 5) is 23.0. The van der Waals surface area contributed by atoms with Crippen molar-refractivity contribution in [1.29, 1.82) is 0 Å². The van der Waals surface area contributed by atoms with Gasteiger partial charge in [-0.2, -0.15) is 0 Å². The number of piperidine rings is 1. The van der Waals surface area contributed by atoms with Gasteiger partial charge in [0, 0.05) is 18.8 Å². The van der Waals surface area contributed by atoms with Crippen molar-refractivity contribution < 1.29 is 14.6 Å². The lowest BCUT2D eigenvalue weighted by molar-refractivity contribution is -0.920. The van der Waals surface area contributed by atoms with Gasteiger partial charge in [-0.05, 0) is 26.0 Å². The lowest BCUT2D eigenvalue weighted by Gasteiger charge is -2.36. The maximum Gasteiger partial charge on any atom is 0.280 e. The predicted molar refractivity (Wildman–Crippen MR) is 110 cm³/mol. The number of likely N-dealkylation sites (N-methyl/N-ethyl adjacent to an activating group) is 1. The standard InChI is InChI=1S/C21H30N4OS/c1-3-23-12-14-25(15-13-23)21(26)16(2)24-10-8-17(9-11-24)20-22-18-6-4-5-7-19(18)27-20/h4-7,16-17H,3,8-15H2,1-2H3/p+2/t16-/m1/s1. The second-order valence-electron chi connectivity index (χ2n) is 8.10. The number of para-hydroxylation sites is 1. The number of hydrogen-bond donors (Lipinski definition) is 2.